The lowest BCUT2D eigenvalue weighted by Crippen LogP contribution is -2.49. The molecule has 0 radical (unpaired) electrons. The Balaban J connectivity index is 0.00000160. The van der Waals surface area contributed by atoms with Crippen LogP contribution in [-0.4, -0.2) is 68.6 Å². The summed E-state index contributed by atoms with van der Waals surface area (Å²) in [5.74, 6) is 1.62. The number of carbonyl (C=O) groups excluding carboxylic acids is 1. The van der Waals surface area contributed by atoms with Crippen LogP contribution < -0.4 is 10.1 Å². The minimum Gasteiger partial charge on any atom is -0.497 e. The zero-order valence-electron chi connectivity index (χ0n) is 17.5. The number of likely N-dealkylation sites (N-methyl/N-ethyl adjacent to an activating group) is 1. The van der Waals surface area contributed by atoms with Gasteiger partial charge in [-0.05, 0) is 42.3 Å². The van der Waals surface area contributed by atoms with Gasteiger partial charge >= 0.3 is 0 Å². The Labute approximate surface area is 191 Å². The van der Waals surface area contributed by atoms with E-state index >= 15 is 0 Å². The average molecular weight is 452 g/mol. The van der Waals surface area contributed by atoms with Gasteiger partial charge < -0.3 is 19.9 Å². The minimum absolute atomic E-state index is 0. The van der Waals surface area contributed by atoms with Crippen molar-refractivity contribution in [3.63, 3.8) is 0 Å². The second-order valence-corrected chi connectivity index (χ2v) is 7.86. The fourth-order valence-electron chi connectivity index (χ4n) is 3.88. The Morgan fingerprint density at radius 1 is 0.967 bits per heavy atom. The van der Waals surface area contributed by atoms with Crippen LogP contribution in [0.4, 0.5) is 0 Å². The third-order valence-electron chi connectivity index (χ3n) is 5.92. The molecule has 7 heteroatoms. The van der Waals surface area contributed by atoms with E-state index < -0.39 is 0 Å². The summed E-state index contributed by atoms with van der Waals surface area (Å²) in [6.07, 6.45) is 1.11. The van der Waals surface area contributed by atoms with E-state index in [2.05, 4.69) is 53.7 Å². The predicted octanol–water partition coefficient (Wildman–Crippen LogP) is 3.43. The molecule has 2 aromatic rings. The van der Waals surface area contributed by atoms with Crippen LogP contribution in [-0.2, 0) is 4.79 Å². The number of methoxy groups -OCH3 is 1. The molecule has 0 bridgehead atoms. The first-order chi connectivity index (χ1) is 13.6. The molecule has 2 aliphatic rings. The van der Waals surface area contributed by atoms with Crippen LogP contribution in [0.15, 0.2) is 48.5 Å². The zero-order chi connectivity index (χ0) is 19.5. The third kappa shape index (κ3) is 5.88. The molecule has 164 valence electrons. The molecule has 2 fully saturated rings. The minimum atomic E-state index is 0. The standard InChI is InChI=1S/C23H29N3O2.2ClH/c1-25-11-13-26(14-12-25)23(27)16-24-22-15-21(22)19-5-3-17(4-6-19)18-7-9-20(28-2)10-8-18;;/h3-10,21-22,24H,11-16H2,1-2H3;2*1H/t21-,22+;;/m0../s1. The van der Waals surface area contributed by atoms with E-state index in [1.54, 1.807) is 7.11 Å². The van der Waals surface area contributed by atoms with Gasteiger partial charge in [0.15, 0.2) is 0 Å². The van der Waals surface area contributed by atoms with Gasteiger partial charge in [0.1, 0.15) is 5.75 Å². The van der Waals surface area contributed by atoms with Gasteiger partial charge in [-0.15, -0.1) is 24.8 Å². The molecule has 0 unspecified atom stereocenters. The zero-order valence-corrected chi connectivity index (χ0v) is 19.2. The van der Waals surface area contributed by atoms with Crippen LogP contribution in [0.1, 0.15) is 17.9 Å². The maximum absolute atomic E-state index is 12.4. The van der Waals surface area contributed by atoms with E-state index in [1.807, 2.05) is 17.0 Å². The van der Waals surface area contributed by atoms with Crippen molar-refractivity contribution in [2.45, 2.75) is 18.4 Å². The van der Waals surface area contributed by atoms with Crippen molar-refractivity contribution in [2.75, 3.05) is 46.9 Å². The molecule has 5 nitrogen and oxygen atoms in total. The van der Waals surface area contributed by atoms with Gasteiger partial charge in [0.05, 0.1) is 13.7 Å². The summed E-state index contributed by atoms with van der Waals surface area (Å²) in [5.41, 5.74) is 3.75. The van der Waals surface area contributed by atoms with Crippen molar-refractivity contribution >= 4 is 30.7 Å². The molecule has 1 aliphatic heterocycles. The molecule has 1 saturated heterocycles. The highest BCUT2D eigenvalue weighted by Crippen LogP contribution is 2.41. The number of benzene rings is 2. The number of nitrogens with zero attached hydrogens (tertiary/aromatic N) is 2. The number of carbonyl (C=O) groups is 1. The van der Waals surface area contributed by atoms with Gasteiger partial charge in [-0.2, -0.15) is 0 Å². The fraction of sp³-hybridized carbons (Fsp3) is 0.435. The molecular weight excluding hydrogens is 421 g/mol. The monoisotopic (exact) mass is 451 g/mol. The van der Waals surface area contributed by atoms with E-state index in [0.717, 1.165) is 38.3 Å². The molecular formula is C23H31Cl2N3O2. The van der Waals surface area contributed by atoms with Crippen molar-refractivity contribution < 1.29 is 9.53 Å². The van der Waals surface area contributed by atoms with E-state index in [0.29, 0.717) is 18.5 Å². The van der Waals surface area contributed by atoms with Gasteiger partial charge in [-0.1, -0.05) is 36.4 Å². The maximum Gasteiger partial charge on any atom is 0.236 e. The van der Waals surface area contributed by atoms with Crippen LogP contribution in [0.2, 0.25) is 0 Å². The van der Waals surface area contributed by atoms with E-state index in [4.69, 9.17) is 4.74 Å². The second kappa shape index (κ2) is 11.0. The summed E-state index contributed by atoms with van der Waals surface area (Å²) in [6.45, 7) is 4.08. The number of hydrogen-bond acceptors (Lipinski definition) is 4. The summed E-state index contributed by atoms with van der Waals surface area (Å²) < 4.78 is 5.22. The summed E-state index contributed by atoms with van der Waals surface area (Å²) in [6, 6.07) is 17.4. The molecule has 1 amide bonds. The topological polar surface area (TPSA) is 44.8 Å². The van der Waals surface area contributed by atoms with Gasteiger partial charge in [0.2, 0.25) is 5.91 Å². The molecule has 30 heavy (non-hydrogen) atoms. The van der Waals surface area contributed by atoms with Crippen LogP contribution in [0.5, 0.6) is 5.75 Å². The summed E-state index contributed by atoms with van der Waals surface area (Å²) >= 11 is 0. The van der Waals surface area contributed by atoms with E-state index in [1.165, 1.54) is 16.7 Å². The molecule has 2 atom stereocenters. The number of nitrogens with one attached hydrogen (secondary N) is 1. The first-order valence-corrected chi connectivity index (χ1v) is 10.1. The number of piperazine rings is 1. The smallest absolute Gasteiger partial charge is 0.236 e. The largest absolute Gasteiger partial charge is 0.497 e. The number of hydrogen-bond donors (Lipinski definition) is 1. The Hall–Kier alpha value is -1.79. The summed E-state index contributed by atoms with van der Waals surface area (Å²) in [7, 11) is 3.79. The Bertz CT molecular complexity index is 806. The fourth-order valence-corrected chi connectivity index (χ4v) is 3.88. The molecule has 1 heterocycles. The van der Waals surface area contributed by atoms with Gasteiger partial charge in [0.25, 0.3) is 0 Å². The molecule has 1 saturated carbocycles. The van der Waals surface area contributed by atoms with E-state index in [-0.39, 0.29) is 30.7 Å². The second-order valence-electron chi connectivity index (χ2n) is 7.86. The van der Waals surface area contributed by atoms with Crippen molar-refractivity contribution in [1.82, 2.24) is 15.1 Å². The lowest BCUT2D eigenvalue weighted by molar-refractivity contribution is -0.131. The van der Waals surface area contributed by atoms with Crippen molar-refractivity contribution in [2.24, 2.45) is 0 Å². The number of halogens is 2. The molecule has 0 aromatic heterocycles. The molecule has 1 aliphatic carbocycles. The normalized spacial score (nSPS) is 20.7. The highest BCUT2D eigenvalue weighted by Gasteiger charge is 2.38. The Morgan fingerprint density at radius 3 is 2.10 bits per heavy atom. The Kier molecular flexibility index (Phi) is 8.98. The first-order valence-electron chi connectivity index (χ1n) is 10.1. The van der Waals surface area contributed by atoms with Gasteiger partial charge in [-0.25, -0.2) is 0 Å². The van der Waals surface area contributed by atoms with Gasteiger partial charge in [-0.3, -0.25) is 4.79 Å². The summed E-state index contributed by atoms with van der Waals surface area (Å²) in [5, 5.41) is 3.45. The Morgan fingerprint density at radius 2 is 1.53 bits per heavy atom. The van der Waals surface area contributed by atoms with Crippen molar-refractivity contribution in [1.29, 1.82) is 0 Å². The number of amides is 1. The first kappa shape index (κ1) is 24.5. The molecule has 0 spiro atoms. The van der Waals surface area contributed by atoms with Crippen LogP contribution >= 0.6 is 24.8 Å². The van der Waals surface area contributed by atoms with Gasteiger partial charge in [0, 0.05) is 38.1 Å². The highest BCUT2D eigenvalue weighted by molar-refractivity contribution is 5.85. The lowest BCUT2D eigenvalue weighted by atomic mass is 10.0. The third-order valence-corrected chi connectivity index (χ3v) is 5.92. The lowest BCUT2D eigenvalue weighted by Gasteiger charge is -2.32. The molecule has 1 N–H and O–H groups in total. The molecule has 2 aromatic carbocycles. The highest BCUT2D eigenvalue weighted by atomic mass is 35.5. The average Bonchev–Trinajstić information content (AvgIpc) is 3.52. The van der Waals surface area contributed by atoms with Crippen molar-refractivity contribution in [3.8, 4) is 16.9 Å². The number of rotatable bonds is 6. The maximum atomic E-state index is 12.4. The summed E-state index contributed by atoms with van der Waals surface area (Å²) in [4.78, 5) is 16.6. The quantitative estimate of drug-likeness (QED) is 0.730. The predicted molar refractivity (Wildman–Crippen MR) is 126 cm³/mol. The number of ether oxygens (including phenoxy) is 1. The van der Waals surface area contributed by atoms with Crippen molar-refractivity contribution in [3.05, 3.63) is 54.1 Å². The SMILES string of the molecule is COc1ccc(-c2ccc([C@@H]3C[C@H]3NCC(=O)N3CCN(C)CC3)cc2)cc1.Cl.Cl. The molecule has 4 rings (SSSR count). The van der Waals surface area contributed by atoms with E-state index in [9.17, 15) is 4.79 Å². The van der Waals surface area contributed by atoms with Crippen LogP contribution in [0.3, 0.4) is 0 Å². The van der Waals surface area contributed by atoms with Crippen LogP contribution in [0.25, 0.3) is 11.1 Å². The van der Waals surface area contributed by atoms with Crippen LogP contribution in [0, 0.1) is 0 Å².